The van der Waals surface area contributed by atoms with Gasteiger partial charge in [0.1, 0.15) is 6.33 Å². The number of aromatic nitrogens is 4. The van der Waals surface area contributed by atoms with Gasteiger partial charge in [0.25, 0.3) is 0 Å². The van der Waals surface area contributed by atoms with Crippen molar-refractivity contribution >= 4 is 67.0 Å². The zero-order valence-electron chi connectivity index (χ0n) is 18.0. The zero-order valence-corrected chi connectivity index (χ0v) is 19.7. The smallest absolute Gasteiger partial charge is 0.221 e. The van der Waals surface area contributed by atoms with E-state index in [1.54, 1.807) is 29.0 Å². The average Bonchev–Trinajstić information content (AvgIpc) is 3.59. The Balaban J connectivity index is 1.49. The van der Waals surface area contributed by atoms with Crippen LogP contribution in [0.15, 0.2) is 77.1 Å². The number of hydrogen-bond acceptors (Lipinski definition) is 7. The van der Waals surface area contributed by atoms with Gasteiger partial charge in [0.15, 0.2) is 22.8 Å². The predicted molar refractivity (Wildman–Crippen MR) is 139 cm³/mol. The number of thiophene rings is 2. The summed E-state index contributed by atoms with van der Waals surface area (Å²) in [6, 6.07) is 17.8. The van der Waals surface area contributed by atoms with Crippen molar-refractivity contribution in [2.75, 3.05) is 10.6 Å². The van der Waals surface area contributed by atoms with Crippen LogP contribution in [0.4, 0.5) is 17.2 Å². The minimum absolute atomic E-state index is 0.107. The van der Waals surface area contributed by atoms with Crippen molar-refractivity contribution in [2.45, 2.75) is 6.92 Å². The molecule has 0 aliphatic carbocycles. The number of benzene rings is 2. The van der Waals surface area contributed by atoms with Gasteiger partial charge in [-0.2, -0.15) is 11.3 Å². The minimum atomic E-state index is -0.107. The van der Waals surface area contributed by atoms with E-state index in [2.05, 4.69) is 38.5 Å². The Morgan fingerprint density at radius 1 is 0.971 bits per heavy atom. The van der Waals surface area contributed by atoms with Gasteiger partial charge in [-0.15, -0.1) is 11.3 Å². The Morgan fingerprint density at radius 2 is 1.79 bits per heavy atom. The number of nitrogens with one attached hydrogen (secondary N) is 2. The number of fused-ring (bicyclic) bond motifs is 2. The van der Waals surface area contributed by atoms with Crippen LogP contribution in [-0.2, 0) is 4.79 Å². The molecular weight excluding hydrogens is 464 g/mol. The number of carbonyl (C=O) groups is 1. The van der Waals surface area contributed by atoms with Crippen LogP contribution in [0.2, 0.25) is 0 Å². The molecule has 6 rings (SSSR count). The lowest BCUT2D eigenvalue weighted by atomic mass is 10.1. The van der Waals surface area contributed by atoms with Gasteiger partial charge in [-0.1, -0.05) is 18.2 Å². The van der Waals surface area contributed by atoms with Gasteiger partial charge in [-0.25, -0.2) is 15.0 Å². The summed E-state index contributed by atoms with van der Waals surface area (Å²) < 4.78 is 3.17. The van der Waals surface area contributed by atoms with Gasteiger partial charge < -0.3 is 10.6 Å². The van der Waals surface area contributed by atoms with Gasteiger partial charge in [-0.05, 0) is 41.8 Å². The molecule has 0 aliphatic rings. The Morgan fingerprint density at radius 3 is 2.59 bits per heavy atom. The Kier molecular flexibility index (Phi) is 5.05. The molecular formula is C25H18N6OS2. The number of hydrogen-bond donors (Lipinski definition) is 2. The van der Waals surface area contributed by atoms with E-state index in [1.807, 2.05) is 52.4 Å². The van der Waals surface area contributed by atoms with E-state index in [0.717, 1.165) is 33.7 Å². The molecule has 0 radical (unpaired) electrons. The molecule has 0 unspecified atom stereocenters. The summed E-state index contributed by atoms with van der Waals surface area (Å²) in [4.78, 5) is 25.8. The highest BCUT2D eigenvalue weighted by atomic mass is 32.1. The molecule has 0 saturated heterocycles. The fourth-order valence-corrected chi connectivity index (χ4v) is 5.39. The van der Waals surface area contributed by atoms with Crippen LogP contribution in [0.3, 0.4) is 0 Å². The molecule has 1 amide bonds. The quantitative estimate of drug-likeness (QED) is 0.295. The topological polar surface area (TPSA) is 84.7 Å². The monoisotopic (exact) mass is 482 g/mol. The number of anilines is 3. The first-order valence-corrected chi connectivity index (χ1v) is 12.4. The summed E-state index contributed by atoms with van der Waals surface area (Å²) in [7, 11) is 0. The second-order valence-electron chi connectivity index (χ2n) is 7.69. The van der Waals surface area contributed by atoms with E-state index >= 15 is 0 Å². The third-order valence-electron chi connectivity index (χ3n) is 5.37. The van der Waals surface area contributed by atoms with Crippen LogP contribution in [0, 0.1) is 0 Å². The summed E-state index contributed by atoms with van der Waals surface area (Å²) in [6.45, 7) is 1.49. The Labute approximate surface area is 202 Å². The van der Waals surface area contributed by atoms with Crippen LogP contribution in [-0.4, -0.2) is 25.4 Å². The lowest BCUT2D eigenvalue weighted by Crippen LogP contribution is -2.05. The van der Waals surface area contributed by atoms with Crippen LogP contribution in [0.25, 0.3) is 38.3 Å². The summed E-state index contributed by atoms with van der Waals surface area (Å²) in [5.74, 6) is 1.15. The third-order valence-corrected chi connectivity index (χ3v) is 7.00. The maximum absolute atomic E-state index is 11.3. The lowest BCUT2D eigenvalue weighted by Gasteiger charge is -2.10. The molecule has 9 heteroatoms. The van der Waals surface area contributed by atoms with Crippen LogP contribution in [0.1, 0.15) is 6.92 Å². The van der Waals surface area contributed by atoms with Crippen LogP contribution < -0.4 is 10.6 Å². The first kappa shape index (κ1) is 20.5. The SMILES string of the molecule is CC(=O)Nc1ccc(Nc2nc(-c3csc4ccccc34)nc3c2ncn3-c2ccsc2)cc1. The third kappa shape index (κ3) is 3.70. The van der Waals surface area contributed by atoms with E-state index < -0.39 is 0 Å². The summed E-state index contributed by atoms with van der Waals surface area (Å²) in [5.41, 5.74) is 4.98. The maximum Gasteiger partial charge on any atom is 0.221 e. The fraction of sp³-hybridized carbons (Fsp3) is 0.0400. The molecule has 2 aromatic carbocycles. The molecule has 0 aliphatic heterocycles. The van der Waals surface area contributed by atoms with Crippen molar-refractivity contribution in [2.24, 2.45) is 0 Å². The molecule has 0 saturated carbocycles. The number of imidazole rings is 1. The second-order valence-corrected chi connectivity index (χ2v) is 9.38. The van der Waals surface area contributed by atoms with Crippen LogP contribution in [0.5, 0.6) is 0 Å². The number of amides is 1. The molecule has 166 valence electrons. The molecule has 0 bridgehead atoms. The standard InChI is InChI=1S/C25H18N6OS2/c1-15(32)27-16-6-8-17(9-7-16)28-24-22-25(31(14-26-22)18-10-11-33-12-18)30-23(29-24)20-13-34-21-5-3-2-4-19(20)21/h2-14H,1H3,(H,27,32)(H,28,29,30). The van der Waals surface area contributed by atoms with E-state index in [9.17, 15) is 4.79 Å². The van der Waals surface area contributed by atoms with Crippen molar-refractivity contribution < 1.29 is 4.79 Å². The second kappa shape index (κ2) is 8.36. The summed E-state index contributed by atoms with van der Waals surface area (Å²) in [5, 5.41) is 13.5. The van der Waals surface area contributed by atoms with E-state index in [0.29, 0.717) is 17.2 Å². The molecule has 7 nitrogen and oxygen atoms in total. The van der Waals surface area contributed by atoms with Gasteiger partial charge in [0.2, 0.25) is 5.91 Å². The molecule has 0 spiro atoms. The fourth-order valence-electron chi connectivity index (χ4n) is 3.82. The van der Waals surface area contributed by atoms with Crippen molar-refractivity contribution in [3.63, 3.8) is 0 Å². The Hall–Kier alpha value is -4.08. The summed E-state index contributed by atoms with van der Waals surface area (Å²) >= 11 is 3.31. The number of nitrogens with zero attached hydrogens (tertiary/aromatic N) is 4. The van der Waals surface area contributed by atoms with Crippen molar-refractivity contribution in [3.8, 4) is 17.1 Å². The molecule has 2 N–H and O–H groups in total. The first-order chi connectivity index (χ1) is 16.7. The van der Waals surface area contributed by atoms with Gasteiger partial charge in [0, 0.05) is 44.7 Å². The van der Waals surface area contributed by atoms with Crippen molar-refractivity contribution in [1.29, 1.82) is 0 Å². The van der Waals surface area contributed by atoms with E-state index in [1.165, 1.54) is 11.6 Å². The number of rotatable bonds is 5. The van der Waals surface area contributed by atoms with Gasteiger partial charge >= 0.3 is 0 Å². The highest BCUT2D eigenvalue weighted by molar-refractivity contribution is 7.17. The highest BCUT2D eigenvalue weighted by Gasteiger charge is 2.18. The molecule has 6 aromatic rings. The van der Waals surface area contributed by atoms with Crippen LogP contribution >= 0.6 is 22.7 Å². The van der Waals surface area contributed by atoms with Gasteiger partial charge in [0.05, 0.1) is 5.69 Å². The molecule has 4 heterocycles. The zero-order chi connectivity index (χ0) is 23.1. The minimum Gasteiger partial charge on any atom is -0.338 e. The van der Waals surface area contributed by atoms with Crippen molar-refractivity contribution in [1.82, 2.24) is 19.5 Å². The number of carbonyl (C=O) groups excluding carboxylic acids is 1. The maximum atomic E-state index is 11.3. The highest BCUT2D eigenvalue weighted by Crippen LogP contribution is 2.35. The van der Waals surface area contributed by atoms with E-state index in [-0.39, 0.29) is 5.91 Å². The normalized spacial score (nSPS) is 11.2. The molecule has 4 aromatic heterocycles. The molecule has 34 heavy (non-hydrogen) atoms. The largest absolute Gasteiger partial charge is 0.338 e. The Bertz CT molecular complexity index is 1630. The molecule has 0 fully saturated rings. The lowest BCUT2D eigenvalue weighted by molar-refractivity contribution is -0.114. The summed E-state index contributed by atoms with van der Waals surface area (Å²) in [6.07, 6.45) is 1.78. The van der Waals surface area contributed by atoms with E-state index in [4.69, 9.17) is 9.97 Å². The molecule has 0 atom stereocenters. The average molecular weight is 483 g/mol. The predicted octanol–water partition coefficient (Wildman–Crippen LogP) is 6.46. The van der Waals surface area contributed by atoms with Gasteiger partial charge in [-0.3, -0.25) is 9.36 Å². The van der Waals surface area contributed by atoms with Crippen molar-refractivity contribution in [3.05, 3.63) is 77.1 Å². The first-order valence-electron chi connectivity index (χ1n) is 10.5.